The van der Waals surface area contributed by atoms with E-state index in [1.54, 1.807) is 0 Å². The molecule has 0 fully saturated rings. The molecule has 0 aliphatic carbocycles. The molecule has 20 heavy (non-hydrogen) atoms. The molecular formula is C17H22N2O. The smallest absolute Gasteiger partial charge is 0.119 e. The summed E-state index contributed by atoms with van der Waals surface area (Å²) in [5, 5.41) is 3.40. The van der Waals surface area contributed by atoms with Gasteiger partial charge in [0, 0.05) is 30.5 Å². The van der Waals surface area contributed by atoms with Gasteiger partial charge in [-0.1, -0.05) is 26.0 Å². The molecule has 1 heterocycles. The number of aromatic nitrogens is 1. The summed E-state index contributed by atoms with van der Waals surface area (Å²) >= 11 is 0. The molecule has 0 radical (unpaired) electrons. The van der Waals surface area contributed by atoms with Crippen molar-refractivity contribution < 1.29 is 4.74 Å². The van der Waals surface area contributed by atoms with Crippen molar-refractivity contribution in [3.63, 3.8) is 0 Å². The molecule has 0 amide bonds. The number of aryl methyl sites for hydroxylation is 1. The molecule has 0 bridgehead atoms. The Kier molecular flexibility index (Phi) is 5.13. The predicted molar refractivity (Wildman–Crippen MR) is 81.7 cm³/mol. The van der Waals surface area contributed by atoms with E-state index >= 15 is 0 Å². The maximum atomic E-state index is 5.77. The zero-order chi connectivity index (χ0) is 14.4. The summed E-state index contributed by atoms with van der Waals surface area (Å²) in [4.78, 5) is 4.16. The Morgan fingerprint density at radius 1 is 1.10 bits per heavy atom. The van der Waals surface area contributed by atoms with Gasteiger partial charge in [0.25, 0.3) is 0 Å². The molecule has 0 saturated carbocycles. The first kappa shape index (κ1) is 14.5. The lowest BCUT2D eigenvalue weighted by Crippen LogP contribution is -2.21. The molecule has 0 spiro atoms. The largest absolute Gasteiger partial charge is 0.489 e. The first-order valence-electron chi connectivity index (χ1n) is 6.99. The van der Waals surface area contributed by atoms with E-state index in [1.165, 1.54) is 5.56 Å². The third kappa shape index (κ3) is 4.67. The lowest BCUT2D eigenvalue weighted by atomic mass is 10.2. The molecule has 0 aliphatic heterocycles. The van der Waals surface area contributed by atoms with Crippen molar-refractivity contribution in [2.24, 2.45) is 0 Å². The van der Waals surface area contributed by atoms with Crippen molar-refractivity contribution in [2.45, 2.75) is 40.0 Å². The third-order valence-corrected chi connectivity index (χ3v) is 2.97. The highest BCUT2D eigenvalue weighted by molar-refractivity contribution is 5.27. The van der Waals surface area contributed by atoms with Crippen LogP contribution >= 0.6 is 0 Å². The number of ether oxygens (including phenoxy) is 1. The van der Waals surface area contributed by atoms with Gasteiger partial charge in [0.15, 0.2) is 0 Å². The van der Waals surface area contributed by atoms with Gasteiger partial charge in [-0.05, 0) is 36.2 Å². The minimum Gasteiger partial charge on any atom is -0.489 e. The summed E-state index contributed by atoms with van der Waals surface area (Å²) in [6.45, 7) is 7.77. The zero-order valence-electron chi connectivity index (χ0n) is 12.4. The zero-order valence-corrected chi connectivity index (χ0v) is 12.4. The van der Waals surface area contributed by atoms with E-state index in [0.29, 0.717) is 12.6 Å². The number of benzene rings is 1. The van der Waals surface area contributed by atoms with Crippen molar-refractivity contribution >= 4 is 0 Å². The SMILES string of the molecule is Cc1cncc(COc2ccc(CNC(C)C)cc2)c1. The fraction of sp³-hybridized carbons (Fsp3) is 0.353. The van der Waals surface area contributed by atoms with E-state index in [1.807, 2.05) is 31.5 Å². The highest BCUT2D eigenvalue weighted by atomic mass is 16.5. The highest BCUT2D eigenvalue weighted by Gasteiger charge is 1.99. The van der Waals surface area contributed by atoms with Crippen LogP contribution in [0.4, 0.5) is 0 Å². The van der Waals surface area contributed by atoms with Gasteiger partial charge in [0.2, 0.25) is 0 Å². The molecule has 1 N–H and O–H groups in total. The molecular weight excluding hydrogens is 248 g/mol. The van der Waals surface area contributed by atoms with E-state index in [9.17, 15) is 0 Å². The van der Waals surface area contributed by atoms with E-state index in [-0.39, 0.29) is 0 Å². The fourth-order valence-corrected chi connectivity index (χ4v) is 1.89. The molecule has 2 rings (SSSR count). The minimum absolute atomic E-state index is 0.500. The van der Waals surface area contributed by atoms with Crippen LogP contribution in [0.15, 0.2) is 42.7 Å². The Morgan fingerprint density at radius 2 is 1.85 bits per heavy atom. The maximum Gasteiger partial charge on any atom is 0.119 e. The Labute approximate surface area is 121 Å². The van der Waals surface area contributed by atoms with Gasteiger partial charge in [0.05, 0.1) is 0 Å². The average molecular weight is 270 g/mol. The molecule has 3 heteroatoms. The van der Waals surface area contributed by atoms with Gasteiger partial charge in [-0.15, -0.1) is 0 Å². The summed E-state index contributed by atoms with van der Waals surface area (Å²) in [7, 11) is 0. The molecule has 106 valence electrons. The second-order valence-electron chi connectivity index (χ2n) is 5.34. The van der Waals surface area contributed by atoms with Crippen LogP contribution in [0, 0.1) is 6.92 Å². The number of nitrogens with one attached hydrogen (secondary N) is 1. The normalized spacial score (nSPS) is 10.8. The van der Waals surface area contributed by atoms with Crippen molar-refractivity contribution in [1.29, 1.82) is 0 Å². The lowest BCUT2D eigenvalue weighted by Gasteiger charge is -2.10. The van der Waals surface area contributed by atoms with Crippen LogP contribution in [0.2, 0.25) is 0 Å². The number of hydrogen-bond acceptors (Lipinski definition) is 3. The Morgan fingerprint density at radius 3 is 2.50 bits per heavy atom. The van der Waals surface area contributed by atoms with Crippen LogP contribution < -0.4 is 10.1 Å². The van der Waals surface area contributed by atoms with E-state index < -0.39 is 0 Å². The van der Waals surface area contributed by atoms with Crippen LogP contribution in [0.5, 0.6) is 5.75 Å². The highest BCUT2D eigenvalue weighted by Crippen LogP contribution is 2.14. The van der Waals surface area contributed by atoms with Gasteiger partial charge in [0.1, 0.15) is 12.4 Å². The van der Waals surface area contributed by atoms with E-state index in [0.717, 1.165) is 23.4 Å². The van der Waals surface area contributed by atoms with E-state index in [2.05, 4.69) is 42.3 Å². The molecule has 0 aliphatic rings. The predicted octanol–water partition coefficient (Wildman–Crippen LogP) is 3.47. The molecule has 0 unspecified atom stereocenters. The summed E-state index contributed by atoms with van der Waals surface area (Å²) < 4.78 is 5.77. The molecule has 0 atom stereocenters. The quantitative estimate of drug-likeness (QED) is 0.872. The molecule has 3 nitrogen and oxygen atoms in total. The van der Waals surface area contributed by atoms with Gasteiger partial charge < -0.3 is 10.1 Å². The minimum atomic E-state index is 0.500. The third-order valence-electron chi connectivity index (χ3n) is 2.97. The van der Waals surface area contributed by atoms with Crippen LogP contribution in [0.3, 0.4) is 0 Å². The molecule has 2 aromatic rings. The van der Waals surface area contributed by atoms with Crippen LogP contribution in [0.25, 0.3) is 0 Å². The van der Waals surface area contributed by atoms with Gasteiger partial charge in [-0.2, -0.15) is 0 Å². The van der Waals surface area contributed by atoms with Crippen molar-refractivity contribution in [3.8, 4) is 5.75 Å². The summed E-state index contributed by atoms with van der Waals surface area (Å²) in [6.07, 6.45) is 3.69. The monoisotopic (exact) mass is 270 g/mol. The average Bonchev–Trinajstić information content (AvgIpc) is 2.44. The standard InChI is InChI=1S/C17H22N2O/c1-13(2)19-11-15-4-6-17(7-5-15)20-12-16-8-14(3)9-18-10-16/h4-10,13,19H,11-12H2,1-3H3. The lowest BCUT2D eigenvalue weighted by molar-refractivity contribution is 0.305. The number of rotatable bonds is 6. The second-order valence-corrected chi connectivity index (χ2v) is 5.34. The summed E-state index contributed by atoms with van der Waals surface area (Å²) in [5.41, 5.74) is 3.51. The number of pyridine rings is 1. The fourth-order valence-electron chi connectivity index (χ4n) is 1.89. The van der Waals surface area contributed by atoms with Crippen molar-refractivity contribution in [2.75, 3.05) is 0 Å². The first-order valence-corrected chi connectivity index (χ1v) is 6.99. The Bertz CT molecular complexity index is 535. The summed E-state index contributed by atoms with van der Waals surface area (Å²) in [6, 6.07) is 10.8. The molecule has 1 aromatic carbocycles. The van der Waals surface area contributed by atoms with Crippen molar-refractivity contribution in [1.82, 2.24) is 10.3 Å². The molecule has 1 aromatic heterocycles. The first-order chi connectivity index (χ1) is 9.63. The van der Waals surface area contributed by atoms with Crippen LogP contribution in [-0.4, -0.2) is 11.0 Å². The van der Waals surface area contributed by atoms with Gasteiger partial charge in [-0.25, -0.2) is 0 Å². The summed E-state index contributed by atoms with van der Waals surface area (Å²) in [5.74, 6) is 0.889. The second kappa shape index (κ2) is 7.06. The Balaban J connectivity index is 1.87. The molecule has 0 saturated heterocycles. The van der Waals surface area contributed by atoms with Crippen LogP contribution in [0.1, 0.15) is 30.5 Å². The van der Waals surface area contributed by atoms with E-state index in [4.69, 9.17) is 4.74 Å². The van der Waals surface area contributed by atoms with Crippen LogP contribution in [-0.2, 0) is 13.2 Å². The van der Waals surface area contributed by atoms with Crippen molar-refractivity contribution in [3.05, 3.63) is 59.4 Å². The topological polar surface area (TPSA) is 34.1 Å². The van der Waals surface area contributed by atoms with Gasteiger partial charge >= 0.3 is 0 Å². The number of nitrogens with zero attached hydrogens (tertiary/aromatic N) is 1. The van der Waals surface area contributed by atoms with Gasteiger partial charge in [-0.3, -0.25) is 4.98 Å². The Hall–Kier alpha value is -1.87. The number of hydrogen-bond donors (Lipinski definition) is 1. The maximum absolute atomic E-state index is 5.77.